The van der Waals surface area contributed by atoms with Crippen LogP contribution in [0.1, 0.15) is 18.4 Å². The summed E-state index contributed by atoms with van der Waals surface area (Å²) in [5, 5.41) is 10.1. The van der Waals surface area contributed by atoms with Crippen molar-refractivity contribution in [2.45, 2.75) is 25.4 Å². The van der Waals surface area contributed by atoms with Crippen LogP contribution in [-0.2, 0) is 16.6 Å². The van der Waals surface area contributed by atoms with Gasteiger partial charge >= 0.3 is 6.03 Å². The Kier molecular flexibility index (Phi) is 8.46. The highest BCUT2D eigenvalue weighted by Crippen LogP contribution is 2.31. The summed E-state index contributed by atoms with van der Waals surface area (Å²) < 4.78 is 30.9. The summed E-state index contributed by atoms with van der Waals surface area (Å²) in [5.41, 5.74) is 2.44. The van der Waals surface area contributed by atoms with Gasteiger partial charge in [-0.05, 0) is 71.6 Å². The lowest BCUT2D eigenvalue weighted by Gasteiger charge is -2.33. The zero-order valence-electron chi connectivity index (χ0n) is 21.3. The number of carbonyl (C=O) groups is 1. The molecule has 204 valence electrons. The van der Waals surface area contributed by atoms with Gasteiger partial charge < -0.3 is 10.1 Å². The van der Waals surface area contributed by atoms with E-state index in [9.17, 15) is 13.2 Å². The predicted molar refractivity (Wildman–Crippen MR) is 157 cm³/mol. The minimum atomic E-state index is -3.32. The van der Waals surface area contributed by atoms with Crippen molar-refractivity contribution in [1.82, 2.24) is 15.2 Å². The minimum absolute atomic E-state index is 0.0876. The third kappa shape index (κ3) is 7.57. The van der Waals surface area contributed by atoms with Crippen molar-refractivity contribution < 1.29 is 17.9 Å². The van der Waals surface area contributed by atoms with Gasteiger partial charge in [0, 0.05) is 49.0 Å². The van der Waals surface area contributed by atoms with Crippen LogP contribution in [-0.4, -0.2) is 49.7 Å². The van der Waals surface area contributed by atoms with E-state index < -0.39 is 10.0 Å². The topological polar surface area (TPSA) is 104 Å². The first kappa shape index (κ1) is 27.1. The SMILES string of the molecule is CS(=O)(=O)Nc1ccc(Oc2ccc(CN3CCC(NC(=O)N(c4ccsc4)c4cccs4)CC3)cn2)cc1. The standard InChI is InChI=1S/C27H29N5O4S3/c1-39(34,35)30-22-5-7-24(8-6-22)36-25-9-4-20(17-28-25)18-31-13-10-21(11-14-31)29-27(33)32(23-12-16-37-19-23)26-3-2-15-38-26/h2-9,12,15-17,19,21,30H,10-11,13-14,18H2,1H3,(H,29,33). The number of rotatable bonds is 9. The fraction of sp³-hybridized carbons (Fsp3) is 0.259. The first-order valence-electron chi connectivity index (χ1n) is 12.4. The van der Waals surface area contributed by atoms with E-state index in [2.05, 4.69) is 19.9 Å². The zero-order chi connectivity index (χ0) is 27.2. The summed E-state index contributed by atoms with van der Waals surface area (Å²) >= 11 is 3.12. The fourth-order valence-electron chi connectivity index (χ4n) is 4.35. The van der Waals surface area contributed by atoms with Crippen molar-refractivity contribution in [2.24, 2.45) is 0 Å². The van der Waals surface area contributed by atoms with Gasteiger partial charge in [0.15, 0.2) is 0 Å². The first-order valence-corrected chi connectivity index (χ1v) is 16.1. The second-order valence-electron chi connectivity index (χ2n) is 9.27. The molecule has 3 aromatic heterocycles. The molecule has 0 saturated carbocycles. The summed E-state index contributed by atoms with van der Waals surface area (Å²) in [4.78, 5) is 21.7. The van der Waals surface area contributed by atoms with Crippen molar-refractivity contribution in [3.05, 3.63) is 82.5 Å². The molecule has 0 aliphatic carbocycles. The van der Waals surface area contributed by atoms with Crippen molar-refractivity contribution in [3.63, 3.8) is 0 Å². The van der Waals surface area contributed by atoms with E-state index in [-0.39, 0.29) is 12.1 Å². The number of pyridine rings is 1. The van der Waals surface area contributed by atoms with Crippen molar-refractivity contribution >= 4 is 55.1 Å². The van der Waals surface area contributed by atoms with Gasteiger partial charge in [-0.2, -0.15) is 11.3 Å². The summed E-state index contributed by atoms with van der Waals surface area (Å²) in [6, 6.07) is 16.4. The van der Waals surface area contributed by atoms with E-state index in [0.29, 0.717) is 17.3 Å². The second kappa shape index (κ2) is 12.2. The number of sulfonamides is 1. The van der Waals surface area contributed by atoms with E-state index in [1.165, 1.54) is 0 Å². The number of nitrogens with zero attached hydrogens (tertiary/aromatic N) is 3. The lowest BCUT2D eigenvalue weighted by atomic mass is 10.0. The van der Waals surface area contributed by atoms with Crippen LogP contribution in [0, 0.1) is 0 Å². The fourth-order valence-corrected chi connectivity index (χ4v) is 6.28. The number of aromatic nitrogens is 1. The number of hydrogen-bond donors (Lipinski definition) is 2. The molecule has 0 spiro atoms. The summed E-state index contributed by atoms with van der Waals surface area (Å²) in [5.74, 6) is 1.03. The highest BCUT2D eigenvalue weighted by Gasteiger charge is 2.25. The third-order valence-electron chi connectivity index (χ3n) is 6.19. The summed E-state index contributed by atoms with van der Waals surface area (Å²) in [7, 11) is -3.32. The molecular formula is C27H29N5O4S3. The average molecular weight is 584 g/mol. The summed E-state index contributed by atoms with van der Waals surface area (Å²) in [6.07, 6.45) is 4.68. The Morgan fingerprint density at radius 1 is 1.10 bits per heavy atom. The highest BCUT2D eigenvalue weighted by molar-refractivity contribution is 7.92. The molecule has 1 aromatic carbocycles. The van der Waals surface area contributed by atoms with Gasteiger partial charge in [0.25, 0.3) is 0 Å². The molecule has 2 N–H and O–H groups in total. The van der Waals surface area contributed by atoms with Crippen LogP contribution >= 0.6 is 22.7 Å². The summed E-state index contributed by atoms with van der Waals surface area (Å²) in [6.45, 7) is 2.54. The Balaban J connectivity index is 1.09. The van der Waals surface area contributed by atoms with E-state index in [4.69, 9.17) is 4.74 Å². The van der Waals surface area contributed by atoms with Gasteiger partial charge in [-0.25, -0.2) is 18.2 Å². The largest absolute Gasteiger partial charge is 0.439 e. The van der Waals surface area contributed by atoms with E-state index >= 15 is 0 Å². The Bertz CT molecular complexity index is 1420. The van der Waals surface area contributed by atoms with Crippen molar-refractivity contribution in [1.29, 1.82) is 0 Å². The molecule has 0 atom stereocenters. The lowest BCUT2D eigenvalue weighted by Crippen LogP contribution is -2.47. The van der Waals surface area contributed by atoms with Crippen LogP contribution in [0.2, 0.25) is 0 Å². The van der Waals surface area contributed by atoms with Crippen LogP contribution < -0.4 is 19.7 Å². The average Bonchev–Trinajstić information content (AvgIpc) is 3.63. The molecule has 0 radical (unpaired) electrons. The molecule has 1 aliphatic rings. The molecule has 4 heterocycles. The minimum Gasteiger partial charge on any atom is -0.439 e. The molecule has 0 bridgehead atoms. The lowest BCUT2D eigenvalue weighted by molar-refractivity contribution is 0.188. The van der Waals surface area contributed by atoms with Gasteiger partial charge in [-0.1, -0.05) is 6.07 Å². The number of likely N-dealkylation sites (tertiary alicyclic amines) is 1. The maximum atomic E-state index is 13.2. The van der Waals surface area contributed by atoms with E-state index in [1.807, 2.05) is 52.7 Å². The molecule has 4 aromatic rings. The van der Waals surface area contributed by atoms with Gasteiger partial charge in [0.05, 0.1) is 11.9 Å². The van der Waals surface area contributed by atoms with Crippen molar-refractivity contribution in [3.8, 4) is 11.6 Å². The Labute approximate surface area is 236 Å². The van der Waals surface area contributed by atoms with Gasteiger partial charge in [-0.3, -0.25) is 14.5 Å². The molecule has 9 nitrogen and oxygen atoms in total. The Morgan fingerprint density at radius 2 is 1.90 bits per heavy atom. The van der Waals surface area contributed by atoms with Gasteiger partial charge in [0.1, 0.15) is 10.8 Å². The van der Waals surface area contributed by atoms with E-state index in [0.717, 1.165) is 55.0 Å². The van der Waals surface area contributed by atoms with Crippen LogP contribution in [0.3, 0.4) is 0 Å². The first-order chi connectivity index (χ1) is 18.8. The number of nitrogens with one attached hydrogen (secondary N) is 2. The molecule has 12 heteroatoms. The van der Waals surface area contributed by atoms with Crippen LogP contribution in [0.4, 0.5) is 21.2 Å². The second-order valence-corrected chi connectivity index (χ2v) is 12.7. The normalized spacial score (nSPS) is 14.6. The maximum Gasteiger partial charge on any atom is 0.327 e. The molecule has 39 heavy (non-hydrogen) atoms. The number of urea groups is 1. The zero-order valence-corrected chi connectivity index (χ0v) is 23.8. The number of benzene rings is 1. The Hall–Kier alpha value is -3.45. The molecule has 1 fully saturated rings. The third-order valence-corrected chi connectivity index (χ3v) is 8.32. The highest BCUT2D eigenvalue weighted by atomic mass is 32.2. The van der Waals surface area contributed by atoms with Gasteiger partial charge in [0.2, 0.25) is 15.9 Å². The number of piperidine rings is 1. The number of anilines is 3. The molecule has 1 aliphatic heterocycles. The number of thiophene rings is 2. The predicted octanol–water partition coefficient (Wildman–Crippen LogP) is 5.88. The number of amides is 2. The number of ether oxygens (including phenoxy) is 1. The molecule has 0 unspecified atom stereocenters. The van der Waals surface area contributed by atoms with Crippen LogP contribution in [0.25, 0.3) is 0 Å². The number of hydrogen-bond acceptors (Lipinski definition) is 8. The molecular weight excluding hydrogens is 555 g/mol. The smallest absolute Gasteiger partial charge is 0.327 e. The molecule has 5 rings (SSSR count). The van der Waals surface area contributed by atoms with E-state index in [1.54, 1.807) is 51.8 Å². The Morgan fingerprint density at radius 3 is 2.51 bits per heavy atom. The van der Waals surface area contributed by atoms with Crippen LogP contribution in [0.15, 0.2) is 76.9 Å². The maximum absolute atomic E-state index is 13.2. The number of carbonyl (C=O) groups excluding carboxylic acids is 1. The van der Waals surface area contributed by atoms with Gasteiger partial charge in [-0.15, -0.1) is 11.3 Å². The van der Waals surface area contributed by atoms with Crippen molar-refractivity contribution in [2.75, 3.05) is 29.0 Å². The van der Waals surface area contributed by atoms with Crippen LogP contribution in [0.5, 0.6) is 11.6 Å². The molecule has 2 amide bonds. The molecule has 1 saturated heterocycles. The monoisotopic (exact) mass is 583 g/mol. The quantitative estimate of drug-likeness (QED) is 0.255.